The lowest BCUT2D eigenvalue weighted by Gasteiger charge is -2.18. The summed E-state index contributed by atoms with van der Waals surface area (Å²) in [6, 6.07) is 16.7. The number of halogens is 2. The van der Waals surface area contributed by atoms with Gasteiger partial charge in [-0.05, 0) is 36.1 Å². The van der Waals surface area contributed by atoms with Crippen molar-refractivity contribution in [3.05, 3.63) is 64.1 Å². The summed E-state index contributed by atoms with van der Waals surface area (Å²) in [5, 5.41) is 0. The van der Waals surface area contributed by atoms with Gasteiger partial charge in [0.05, 0.1) is 6.61 Å². The van der Waals surface area contributed by atoms with Gasteiger partial charge in [0.2, 0.25) is 0 Å². The van der Waals surface area contributed by atoms with Gasteiger partial charge in [-0.2, -0.15) is 0 Å². The summed E-state index contributed by atoms with van der Waals surface area (Å²) < 4.78 is 6.87. The number of para-hydroxylation sites is 1. The topological polar surface area (TPSA) is 9.23 Å². The highest BCUT2D eigenvalue weighted by atomic mass is 79.9. The molecule has 0 amide bonds. The number of benzene rings is 2. The second kappa shape index (κ2) is 6.19. The first-order valence-electron chi connectivity index (χ1n) is 6.81. The fourth-order valence-corrected chi connectivity index (χ4v) is 3.54. The van der Waals surface area contributed by atoms with E-state index in [0.29, 0.717) is 17.7 Å². The Labute approximate surface area is 133 Å². The summed E-state index contributed by atoms with van der Waals surface area (Å²) in [5.74, 6) is 2.46. The Hall–Kier alpha value is -0.990. The van der Waals surface area contributed by atoms with Gasteiger partial charge in [0, 0.05) is 21.8 Å². The van der Waals surface area contributed by atoms with Crippen molar-refractivity contribution in [2.75, 3.05) is 12.5 Å². The Morgan fingerprint density at radius 3 is 2.85 bits per heavy atom. The van der Waals surface area contributed by atoms with Crippen molar-refractivity contribution in [1.29, 1.82) is 0 Å². The summed E-state index contributed by atoms with van der Waals surface area (Å²) in [4.78, 5) is 0. The molecule has 104 valence electrons. The number of alkyl halides is 1. The van der Waals surface area contributed by atoms with Crippen LogP contribution in [0.2, 0.25) is 0 Å². The average Bonchev–Trinajstić information content (AvgIpc) is 2.88. The molecule has 20 heavy (non-hydrogen) atoms. The van der Waals surface area contributed by atoms with E-state index in [4.69, 9.17) is 16.3 Å². The van der Waals surface area contributed by atoms with Crippen molar-refractivity contribution >= 4 is 27.5 Å². The van der Waals surface area contributed by atoms with E-state index in [-0.39, 0.29) is 0 Å². The van der Waals surface area contributed by atoms with Gasteiger partial charge in [-0.15, -0.1) is 11.6 Å². The molecule has 0 aliphatic carbocycles. The van der Waals surface area contributed by atoms with Crippen molar-refractivity contribution in [3.63, 3.8) is 0 Å². The van der Waals surface area contributed by atoms with Gasteiger partial charge < -0.3 is 4.74 Å². The Bertz CT molecular complexity index is 599. The smallest absolute Gasteiger partial charge is 0.122 e. The van der Waals surface area contributed by atoms with Crippen molar-refractivity contribution in [2.24, 2.45) is 0 Å². The normalized spacial score (nSPS) is 18.4. The first kappa shape index (κ1) is 14.0. The van der Waals surface area contributed by atoms with E-state index in [1.54, 1.807) is 0 Å². The molecule has 0 N–H and O–H groups in total. The average molecular weight is 352 g/mol. The fourth-order valence-electron chi connectivity index (χ4n) is 2.82. The molecule has 2 unspecified atom stereocenters. The van der Waals surface area contributed by atoms with E-state index >= 15 is 0 Å². The van der Waals surface area contributed by atoms with E-state index in [0.717, 1.165) is 23.2 Å². The van der Waals surface area contributed by atoms with Crippen LogP contribution in [-0.2, 0) is 0 Å². The zero-order valence-electron chi connectivity index (χ0n) is 11.1. The molecule has 2 atom stereocenters. The molecule has 1 aliphatic heterocycles. The van der Waals surface area contributed by atoms with Gasteiger partial charge in [-0.1, -0.05) is 46.3 Å². The minimum absolute atomic E-state index is 0.355. The van der Waals surface area contributed by atoms with Crippen molar-refractivity contribution < 1.29 is 4.74 Å². The molecule has 0 radical (unpaired) electrons. The summed E-state index contributed by atoms with van der Waals surface area (Å²) >= 11 is 9.73. The zero-order valence-corrected chi connectivity index (χ0v) is 13.4. The highest BCUT2D eigenvalue weighted by Crippen LogP contribution is 2.40. The molecule has 1 aliphatic rings. The lowest BCUT2D eigenvalue weighted by atomic mass is 9.87. The highest BCUT2D eigenvalue weighted by Gasteiger charge is 2.26. The van der Waals surface area contributed by atoms with E-state index in [9.17, 15) is 0 Å². The van der Waals surface area contributed by atoms with Crippen molar-refractivity contribution in [1.82, 2.24) is 0 Å². The minimum atomic E-state index is 0.355. The molecule has 3 rings (SSSR count). The number of fused-ring (bicyclic) bond motifs is 1. The van der Waals surface area contributed by atoms with Crippen LogP contribution in [0.1, 0.15) is 29.4 Å². The van der Waals surface area contributed by atoms with Crippen LogP contribution in [0.5, 0.6) is 5.75 Å². The Morgan fingerprint density at radius 2 is 2.05 bits per heavy atom. The van der Waals surface area contributed by atoms with E-state index < -0.39 is 0 Å². The first-order valence-corrected chi connectivity index (χ1v) is 8.14. The molecule has 0 bridgehead atoms. The highest BCUT2D eigenvalue weighted by molar-refractivity contribution is 9.10. The molecule has 0 saturated carbocycles. The number of ether oxygens (including phenoxy) is 1. The Kier molecular flexibility index (Phi) is 4.32. The molecule has 0 fully saturated rings. The van der Waals surface area contributed by atoms with Gasteiger partial charge in [-0.3, -0.25) is 0 Å². The molecule has 1 nitrogen and oxygen atoms in total. The van der Waals surface area contributed by atoms with Crippen LogP contribution in [0.4, 0.5) is 0 Å². The van der Waals surface area contributed by atoms with Crippen LogP contribution in [-0.4, -0.2) is 12.5 Å². The molecule has 3 heteroatoms. The molecular formula is C17H16BrClO. The summed E-state index contributed by atoms with van der Waals surface area (Å²) in [6.07, 6.45) is 1.02. The molecule has 1 heterocycles. The van der Waals surface area contributed by atoms with Crippen LogP contribution in [0.25, 0.3) is 0 Å². The molecule has 0 aromatic heterocycles. The monoisotopic (exact) mass is 350 g/mol. The van der Waals surface area contributed by atoms with Crippen LogP contribution in [0.3, 0.4) is 0 Å². The molecule has 2 aromatic carbocycles. The predicted octanol–water partition coefficient (Wildman–Crippen LogP) is 5.34. The number of rotatable bonds is 4. The maximum atomic E-state index is 6.20. The van der Waals surface area contributed by atoms with Gasteiger partial charge in [0.25, 0.3) is 0 Å². The molecule has 0 saturated heterocycles. The zero-order chi connectivity index (χ0) is 13.9. The number of hydrogen-bond acceptors (Lipinski definition) is 1. The number of hydrogen-bond donors (Lipinski definition) is 0. The third kappa shape index (κ3) is 2.87. The third-order valence-electron chi connectivity index (χ3n) is 3.87. The van der Waals surface area contributed by atoms with Gasteiger partial charge in [0.15, 0.2) is 0 Å². The van der Waals surface area contributed by atoms with Crippen molar-refractivity contribution in [2.45, 2.75) is 18.3 Å². The molecular weight excluding hydrogens is 336 g/mol. The second-order valence-electron chi connectivity index (χ2n) is 5.19. The Balaban J connectivity index is 1.80. The van der Waals surface area contributed by atoms with Crippen LogP contribution >= 0.6 is 27.5 Å². The van der Waals surface area contributed by atoms with Gasteiger partial charge in [-0.25, -0.2) is 0 Å². The van der Waals surface area contributed by atoms with Crippen LogP contribution < -0.4 is 4.74 Å². The van der Waals surface area contributed by atoms with Crippen LogP contribution in [0.15, 0.2) is 53.0 Å². The van der Waals surface area contributed by atoms with Gasteiger partial charge in [0.1, 0.15) is 5.75 Å². The molecule has 2 aromatic rings. The fraction of sp³-hybridized carbons (Fsp3) is 0.294. The maximum absolute atomic E-state index is 6.20. The standard InChI is InChI=1S/C17H16BrClO/c18-15-5-3-4-12(9-15)13(10-19)8-14-11-20-17-7-2-1-6-16(14)17/h1-7,9,13-14H,8,10-11H2. The SMILES string of the molecule is ClCC(CC1COc2ccccc21)c1cccc(Br)c1. The predicted molar refractivity (Wildman–Crippen MR) is 86.9 cm³/mol. The third-order valence-corrected chi connectivity index (χ3v) is 4.74. The quantitative estimate of drug-likeness (QED) is 0.676. The van der Waals surface area contributed by atoms with Crippen LogP contribution in [0, 0.1) is 0 Å². The van der Waals surface area contributed by atoms with Crippen molar-refractivity contribution in [3.8, 4) is 5.75 Å². The Morgan fingerprint density at radius 1 is 1.20 bits per heavy atom. The first-order chi connectivity index (χ1) is 9.78. The van der Waals surface area contributed by atoms with Gasteiger partial charge >= 0.3 is 0 Å². The largest absolute Gasteiger partial charge is 0.493 e. The van der Waals surface area contributed by atoms with E-state index in [1.807, 2.05) is 18.2 Å². The summed E-state index contributed by atoms with van der Waals surface area (Å²) in [7, 11) is 0. The van der Waals surface area contributed by atoms with E-state index in [1.165, 1.54) is 11.1 Å². The lowest BCUT2D eigenvalue weighted by Crippen LogP contribution is -2.09. The summed E-state index contributed by atoms with van der Waals surface area (Å²) in [5.41, 5.74) is 2.61. The van der Waals surface area contributed by atoms with E-state index in [2.05, 4.69) is 46.3 Å². The maximum Gasteiger partial charge on any atom is 0.122 e. The second-order valence-corrected chi connectivity index (χ2v) is 6.41. The summed E-state index contributed by atoms with van der Waals surface area (Å²) in [6.45, 7) is 0.765. The lowest BCUT2D eigenvalue weighted by molar-refractivity contribution is 0.320. The minimum Gasteiger partial charge on any atom is -0.493 e. The molecule has 0 spiro atoms.